The highest BCUT2D eigenvalue weighted by Gasteiger charge is 2.21. The van der Waals surface area contributed by atoms with Gasteiger partial charge in [0, 0.05) is 42.6 Å². The molecular weight excluding hydrogens is 398 g/mol. The number of aryl methyl sites for hydroxylation is 1. The molecule has 1 aliphatic carbocycles. The normalized spacial score (nSPS) is 14.6. The number of aliphatic hydroxyl groups is 1. The van der Waals surface area contributed by atoms with Crippen LogP contribution in [0, 0.1) is 0 Å². The summed E-state index contributed by atoms with van der Waals surface area (Å²) < 4.78 is 1.83. The fraction of sp³-hybridized carbons (Fsp3) is 0.381. The zero-order chi connectivity index (χ0) is 20.3. The maximum atomic E-state index is 8.98. The van der Waals surface area contributed by atoms with Gasteiger partial charge in [-0.15, -0.1) is 10.2 Å². The highest BCUT2D eigenvalue weighted by atomic mass is 32.1. The lowest BCUT2D eigenvalue weighted by molar-refractivity contribution is 0.277. The summed E-state index contributed by atoms with van der Waals surface area (Å²) >= 11 is 1.62. The van der Waals surface area contributed by atoms with Crippen LogP contribution in [-0.2, 0) is 6.54 Å². The third-order valence-corrected chi connectivity index (χ3v) is 6.43. The summed E-state index contributed by atoms with van der Waals surface area (Å²) in [6.45, 7) is 0.845. The van der Waals surface area contributed by atoms with Crippen LogP contribution in [0.4, 0.5) is 10.9 Å². The van der Waals surface area contributed by atoms with Gasteiger partial charge in [0.15, 0.2) is 0 Å². The Morgan fingerprint density at radius 1 is 1.10 bits per heavy atom. The Kier molecular flexibility index (Phi) is 5.37. The largest absolute Gasteiger partial charge is 0.396 e. The maximum Gasteiger partial charge on any atom is 0.211 e. The molecule has 1 saturated carbocycles. The third kappa shape index (κ3) is 4.03. The van der Waals surface area contributed by atoms with Crippen LogP contribution < -0.4 is 5.32 Å². The van der Waals surface area contributed by atoms with E-state index in [0.717, 1.165) is 38.1 Å². The minimum atomic E-state index is 0.156. The smallest absolute Gasteiger partial charge is 0.211 e. The second-order valence-corrected chi connectivity index (χ2v) is 8.59. The Labute approximate surface area is 178 Å². The molecule has 1 aliphatic rings. The summed E-state index contributed by atoms with van der Waals surface area (Å²) in [7, 11) is 0. The van der Waals surface area contributed by atoms with E-state index in [-0.39, 0.29) is 6.61 Å². The number of pyridine rings is 2. The molecule has 5 rings (SSSR count). The molecule has 0 spiro atoms. The van der Waals surface area contributed by atoms with Gasteiger partial charge in [0.05, 0.1) is 17.2 Å². The zero-order valence-corrected chi connectivity index (χ0v) is 17.3. The van der Waals surface area contributed by atoms with Gasteiger partial charge in [0.2, 0.25) is 5.13 Å². The van der Waals surface area contributed by atoms with Gasteiger partial charge in [-0.2, -0.15) is 5.10 Å². The Bertz CT molecular complexity index is 1150. The molecule has 0 saturated heterocycles. The maximum absolute atomic E-state index is 8.98. The molecule has 0 radical (unpaired) electrons. The lowest BCUT2D eigenvalue weighted by Gasteiger charge is -2.05. The van der Waals surface area contributed by atoms with Gasteiger partial charge in [-0.3, -0.25) is 9.67 Å². The van der Waals surface area contributed by atoms with Crippen LogP contribution >= 0.6 is 11.3 Å². The molecule has 0 aromatic carbocycles. The summed E-state index contributed by atoms with van der Waals surface area (Å²) in [6.07, 6.45) is 11.3. The fourth-order valence-corrected chi connectivity index (χ4v) is 4.75. The van der Waals surface area contributed by atoms with Crippen molar-refractivity contribution in [2.75, 3.05) is 11.9 Å². The predicted molar refractivity (Wildman–Crippen MR) is 117 cm³/mol. The van der Waals surface area contributed by atoms with Crippen LogP contribution in [-0.4, -0.2) is 41.7 Å². The molecule has 0 bridgehead atoms. The molecule has 4 heterocycles. The molecular formula is C21H23N7OS. The third-order valence-electron chi connectivity index (χ3n) is 5.43. The Morgan fingerprint density at radius 3 is 2.87 bits per heavy atom. The zero-order valence-electron chi connectivity index (χ0n) is 16.5. The average Bonchev–Trinajstić information content (AvgIpc) is 3.53. The summed E-state index contributed by atoms with van der Waals surface area (Å²) in [5.41, 5.74) is 3.58. The van der Waals surface area contributed by atoms with Crippen LogP contribution in [0.2, 0.25) is 0 Å². The van der Waals surface area contributed by atoms with Crippen molar-refractivity contribution >= 4 is 33.3 Å². The first-order valence-electron chi connectivity index (χ1n) is 10.3. The van der Waals surface area contributed by atoms with E-state index in [1.807, 2.05) is 41.5 Å². The van der Waals surface area contributed by atoms with E-state index in [2.05, 4.69) is 25.6 Å². The number of hydrogen-bond donors (Lipinski definition) is 2. The standard InChI is InChI=1S/C21H23N7OS/c29-9-3-8-28-13-16(12-23-28)15-10-18-17(22-11-15)6-7-19(24-18)25-21-27-26-20(30-21)14-4-1-2-5-14/h6-7,10-14,29H,1-5,8-9H2,(H,24,25,27). The first kappa shape index (κ1) is 19.1. The number of nitrogens with one attached hydrogen (secondary N) is 1. The van der Waals surface area contributed by atoms with Gasteiger partial charge in [-0.05, 0) is 37.5 Å². The number of rotatable bonds is 7. The first-order valence-corrected chi connectivity index (χ1v) is 11.1. The topological polar surface area (TPSA) is 102 Å². The predicted octanol–water partition coefficient (Wildman–Crippen LogP) is 4.13. The molecule has 4 aromatic rings. The highest BCUT2D eigenvalue weighted by molar-refractivity contribution is 7.15. The second kappa shape index (κ2) is 8.45. The van der Waals surface area contributed by atoms with Gasteiger partial charge in [0.1, 0.15) is 10.8 Å². The molecule has 154 valence electrons. The van der Waals surface area contributed by atoms with Crippen molar-refractivity contribution in [3.05, 3.63) is 41.8 Å². The molecule has 0 aliphatic heterocycles. The number of aliphatic hydroxyl groups excluding tert-OH is 1. The molecule has 0 atom stereocenters. The summed E-state index contributed by atoms with van der Waals surface area (Å²) in [5, 5.41) is 27.2. The van der Waals surface area contributed by atoms with Crippen LogP contribution in [0.3, 0.4) is 0 Å². The minimum Gasteiger partial charge on any atom is -0.396 e. The summed E-state index contributed by atoms with van der Waals surface area (Å²) in [6, 6.07) is 5.89. The number of hydrogen-bond acceptors (Lipinski definition) is 8. The van der Waals surface area contributed by atoms with Gasteiger partial charge >= 0.3 is 0 Å². The van der Waals surface area contributed by atoms with Gasteiger partial charge < -0.3 is 10.4 Å². The van der Waals surface area contributed by atoms with Gasteiger partial charge in [0.25, 0.3) is 0 Å². The SMILES string of the molecule is OCCCn1cc(-c2cnc3ccc(Nc4nnc(C5CCCC5)s4)nc3c2)cn1. The molecule has 8 nitrogen and oxygen atoms in total. The van der Waals surface area contributed by atoms with Crippen LogP contribution in [0.25, 0.3) is 22.2 Å². The lowest BCUT2D eigenvalue weighted by Crippen LogP contribution is -1.99. The van der Waals surface area contributed by atoms with Crippen molar-refractivity contribution in [1.82, 2.24) is 29.9 Å². The minimum absolute atomic E-state index is 0.156. The van der Waals surface area contributed by atoms with Gasteiger partial charge in [-0.25, -0.2) is 4.98 Å². The fourth-order valence-electron chi connectivity index (χ4n) is 3.83. The Hall–Kier alpha value is -2.91. The van der Waals surface area contributed by atoms with Crippen molar-refractivity contribution in [1.29, 1.82) is 0 Å². The van der Waals surface area contributed by atoms with Crippen molar-refractivity contribution in [3.8, 4) is 11.1 Å². The van der Waals surface area contributed by atoms with Crippen molar-refractivity contribution in [2.45, 2.75) is 44.6 Å². The van der Waals surface area contributed by atoms with Crippen molar-refractivity contribution < 1.29 is 5.11 Å². The molecule has 0 unspecified atom stereocenters. The lowest BCUT2D eigenvalue weighted by atomic mass is 10.1. The number of anilines is 2. The molecule has 2 N–H and O–H groups in total. The van der Waals surface area contributed by atoms with E-state index >= 15 is 0 Å². The average molecular weight is 422 g/mol. The number of fused-ring (bicyclic) bond motifs is 1. The van der Waals surface area contributed by atoms with Crippen LogP contribution in [0.5, 0.6) is 0 Å². The van der Waals surface area contributed by atoms with E-state index in [1.165, 1.54) is 25.7 Å². The van der Waals surface area contributed by atoms with Crippen molar-refractivity contribution in [2.24, 2.45) is 0 Å². The molecule has 1 fully saturated rings. The van der Waals surface area contributed by atoms with Crippen molar-refractivity contribution in [3.63, 3.8) is 0 Å². The van der Waals surface area contributed by atoms with E-state index in [0.29, 0.717) is 18.9 Å². The Morgan fingerprint density at radius 2 is 2.00 bits per heavy atom. The molecule has 4 aromatic heterocycles. The van der Waals surface area contributed by atoms with Crippen LogP contribution in [0.15, 0.2) is 36.8 Å². The van der Waals surface area contributed by atoms with Gasteiger partial charge in [-0.1, -0.05) is 24.2 Å². The van der Waals surface area contributed by atoms with E-state index < -0.39 is 0 Å². The number of aromatic nitrogens is 6. The second-order valence-electron chi connectivity index (χ2n) is 7.58. The number of nitrogens with zero attached hydrogens (tertiary/aromatic N) is 6. The van der Waals surface area contributed by atoms with Crippen LogP contribution in [0.1, 0.15) is 43.0 Å². The van der Waals surface area contributed by atoms with E-state index in [4.69, 9.17) is 10.1 Å². The molecule has 0 amide bonds. The van der Waals surface area contributed by atoms with E-state index in [9.17, 15) is 0 Å². The molecule has 9 heteroatoms. The monoisotopic (exact) mass is 421 g/mol. The Balaban J connectivity index is 1.36. The molecule has 30 heavy (non-hydrogen) atoms. The summed E-state index contributed by atoms with van der Waals surface area (Å²) in [5.74, 6) is 1.29. The quantitative estimate of drug-likeness (QED) is 0.463. The first-order chi connectivity index (χ1) is 14.8. The highest BCUT2D eigenvalue weighted by Crippen LogP contribution is 2.37. The summed E-state index contributed by atoms with van der Waals surface area (Å²) in [4.78, 5) is 9.27. The van der Waals surface area contributed by atoms with E-state index in [1.54, 1.807) is 11.3 Å².